The molecule has 13 N–H and O–H groups in total. The first kappa shape index (κ1) is 110. The molecule has 5 amide bonds. The number of carboxylic acid groups (broad SMARTS) is 2. The summed E-state index contributed by atoms with van der Waals surface area (Å²) in [4.78, 5) is 119. The lowest BCUT2D eigenvalue weighted by Gasteiger charge is -2.43. The number of anilines is 5. The molecule has 3 aromatic heterocycles. The molecule has 12 rings (SSSR count). The number of aliphatic carboxylic acids is 2. The number of aromatic nitrogens is 3. The number of nitrogens with zero attached hydrogens (tertiary/aromatic N) is 9. The monoisotopic (exact) mass is 1670 g/mol. The first-order valence-electron chi connectivity index (χ1n) is 34.3. The lowest BCUT2D eigenvalue weighted by Crippen LogP contribution is -2.55. The number of aliphatic imine (C=N–C) groups is 1. The van der Waals surface area contributed by atoms with Crippen LogP contribution in [0, 0.1) is 76.1 Å². The van der Waals surface area contributed by atoms with E-state index in [2.05, 4.69) is 78.4 Å². The number of carbonyl (C=O) groups is 8. The fourth-order valence-corrected chi connectivity index (χ4v) is 11.8. The number of nitrogen functional groups attached to an aromatic ring is 2. The number of nitrogens with two attached hydrogens (primary N) is 3. The smallest absolute Gasteiger partial charge is 0.323 e. The zero-order chi connectivity index (χ0) is 82.9. The summed E-state index contributed by atoms with van der Waals surface area (Å²) in [5, 5.41) is 31.9. The molecule has 5 fully saturated rings. The van der Waals surface area contributed by atoms with Crippen molar-refractivity contribution in [2.75, 3.05) is 54.8 Å². The molecule has 7 aromatic rings. The van der Waals surface area contributed by atoms with Crippen molar-refractivity contribution >= 4 is 134 Å². The van der Waals surface area contributed by atoms with Crippen molar-refractivity contribution in [2.45, 2.75) is 187 Å². The molecule has 27 nitrogen and oxygen atoms in total. The van der Waals surface area contributed by atoms with Crippen LogP contribution in [0.15, 0.2) is 115 Å². The number of carboxylic acids is 2. The number of thiocarbonyl (C=S) groups is 2. The Kier molecular flexibility index (Phi) is 46.0. The number of carbonyl (C=O) groups excluding carboxylic acids is 6. The second-order valence-electron chi connectivity index (χ2n) is 26.3. The summed E-state index contributed by atoms with van der Waals surface area (Å²) < 4.78 is 54.4. The summed E-state index contributed by atoms with van der Waals surface area (Å²) in [6, 6.07) is 22.2. The highest BCUT2D eigenvalue weighted by Crippen LogP contribution is 2.48. The topological polar surface area (TPSA) is 386 Å². The van der Waals surface area contributed by atoms with Crippen LogP contribution in [0.5, 0.6) is 0 Å². The number of ketones is 1. The molecular formula is C85H113F4N17O10S2. The van der Waals surface area contributed by atoms with Crippen LogP contribution in [-0.2, 0) is 19.2 Å². The predicted octanol–water partition coefficient (Wildman–Crippen LogP) is 17.7. The Balaban J connectivity index is -0.00000133. The molecular weight excluding hydrogens is 1560 g/mol. The van der Waals surface area contributed by atoms with Crippen molar-refractivity contribution in [3.8, 4) is 0 Å². The Bertz CT molecular complexity index is 4780. The van der Waals surface area contributed by atoms with Gasteiger partial charge in [0.1, 0.15) is 58.6 Å². The van der Waals surface area contributed by atoms with Crippen LogP contribution in [0.25, 0.3) is 14.5 Å². The van der Waals surface area contributed by atoms with Crippen LogP contribution in [0.4, 0.5) is 69.1 Å². The van der Waals surface area contributed by atoms with Crippen molar-refractivity contribution in [2.24, 2.45) is 16.1 Å². The maximum atomic E-state index is 14.6. The molecule has 4 aromatic carbocycles. The van der Waals surface area contributed by atoms with E-state index in [0.29, 0.717) is 77.0 Å². The minimum absolute atomic E-state index is 0. The largest absolute Gasteiger partial charge is 0.481 e. The number of amides is 5. The zero-order valence-electron chi connectivity index (χ0n) is 62.6. The molecule has 4 saturated carbocycles. The summed E-state index contributed by atoms with van der Waals surface area (Å²) in [7, 11) is 5.80. The molecule has 638 valence electrons. The van der Waals surface area contributed by atoms with E-state index in [1.165, 1.54) is 100 Å². The summed E-state index contributed by atoms with van der Waals surface area (Å²) in [6.07, 6.45) is 14.1. The van der Waals surface area contributed by atoms with Crippen LogP contribution in [0.1, 0.15) is 207 Å². The molecule has 0 unspecified atom stereocenters. The number of benzene rings is 4. The predicted molar refractivity (Wildman–Crippen MR) is 468 cm³/mol. The van der Waals surface area contributed by atoms with E-state index >= 15 is 0 Å². The molecule has 118 heavy (non-hydrogen) atoms. The van der Waals surface area contributed by atoms with Crippen LogP contribution in [0.2, 0.25) is 0 Å². The summed E-state index contributed by atoms with van der Waals surface area (Å²) in [5.41, 5.74) is 19.5. The molecule has 1 spiro atoms. The number of Topliss-reactive ketones (excluding diaryl/α,β-unsaturated/α-hetero) is 1. The maximum absolute atomic E-state index is 14.6. The van der Waals surface area contributed by atoms with Gasteiger partial charge in [0.25, 0.3) is 47.0 Å². The summed E-state index contributed by atoms with van der Waals surface area (Å²) in [6.45, 7) is 31.1. The number of hydrogen-bond acceptors (Lipinski definition) is 18. The van der Waals surface area contributed by atoms with Gasteiger partial charge in [-0.1, -0.05) is 84.2 Å². The molecule has 4 aliphatic carbocycles. The van der Waals surface area contributed by atoms with E-state index in [1.807, 2.05) is 13.8 Å². The Morgan fingerprint density at radius 1 is 0.534 bits per heavy atom. The summed E-state index contributed by atoms with van der Waals surface area (Å²) in [5.74, 6) is -4.73. The molecule has 5 aliphatic rings. The first-order chi connectivity index (χ1) is 52.4. The fourth-order valence-electron chi connectivity index (χ4n) is 11.2. The number of hydrogen-bond donors (Lipinski definition) is 10. The highest BCUT2D eigenvalue weighted by Gasteiger charge is 2.60. The SMILES string of the molecule is C.C.C.C.C.C.C.CC1(C(=O)O)CCC1.CNC(=O)c1ccc(C)cc1F.CNC(=O)c1ccc(N)cc1F.CNC(=O)c1ccc(NC2(C(C)=O)CCC2)cc1F.NC1(C(=O)O)CCC1.[C-]#[N+]c1ncc(N)cc1C.[C-]#[N+]c1ncc(N2C(=O)C3(CCC3)N(c3ccc(C(=O)NC)c(F)c3)C2=S)cc1C.[C-]#[N+]c1ncc(N=C=S)cc1C. The van der Waals surface area contributed by atoms with Crippen LogP contribution in [0.3, 0.4) is 0 Å². The van der Waals surface area contributed by atoms with E-state index in [9.17, 15) is 55.9 Å². The van der Waals surface area contributed by atoms with Gasteiger partial charge in [-0.3, -0.25) is 43.3 Å². The maximum Gasteiger partial charge on any atom is 0.323 e. The number of rotatable bonds is 12. The second kappa shape index (κ2) is 49.4. The van der Waals surface area contributed by atoms with Crippen molar-refractivity contribution in [3.05, 3.63) is 212 Å². The molecule has 33 heteroatoms. The van der Waals surface area contributed by atoms with Crippen LogP contribution < -0.4 is 53.6 Å². The number of aryl methyl sites for hydroxylation is 4. The lowest BCUT2D eigenvalue weighted by atomic mass is 9.71. The van der Waals surface area contributed by atoms with Gasteiger partial charge >= 0.3 is 11.9 Å². The number of halogens is 4. The Hall–Kier alpha value is -12.5. The van der Waals surface area contributed by atoms with Gasteiger partial charge in [0.15, 0.2) is 10.9 Å². The van der Waals surface area contributed by atoms with E-state index in [4.69, 9.17) is 59.3 Å². The van der Waals surface area contributed by atoms with Gasteiger partial charge < -0.3 is 73.4 Å². The van der Waals surface area contributed by atoms with Crippen molar-refractivity contribution < 1.29 is 66.1 Å². The Morgan fingerprint density at radius 3 is 1.28 bits per heavy atom. The lowest BCUT2D eigenvalue weighted by molar-refractivity contribution is -0.152. The van der Waals surface area contributed by atoms with Gasteiger partial charge in [-0.25, -0.2) is 17.6 Å². The molecule has 0 atom stereocenters. The normalized spacial score (nSPS) is 13.8. The zero-order valence-corrected chi connectivity index (χ0v) is 64.3. The number of isothiocyanates is 1. The van der Waals surface area contributed by atoms with E-state index in [1.54, 1.807) is 69.0 Å². The van der Waals surface area contributed by atoms with Crippen molar-refractivity contribution in [1.29, 1.82) is 0 Å². The second-order valence-corrected chi connectivity index (χ2v) is 26.9. The minimum atomic E-state index is -0.871. The Morgan fingerprint density at radius 2 is 0.949 bits per heavy atom. The highest BCUT2D eigenvalue weighted by atomic mass is 32.1. The average Bonchev–Trinajstić information content (AvgIpc) is 1.55. The molecule has 0 bridgehead atoms. The third-order valence-electron chi connectivity index (χ3n) is 18.6. The summed E-state index contributed by atoms with van der Waals surface area (Å²) >= 11 is 10.1. The molecule has 4 heterocycles. The third-order valence-corrected chi connectivity index (χ3v) is 19.0. The molecule has 1 aliphatic heterocycles. The Labute approximate surface area is 702 Å². The fraction of sp³-hybridized carbons (Fsp3) is 0.388. The molecule has 0 radical (unpaired) electrons. The highest BCUT2D eigenvalue weighted by molar-refractivity contribution is 7.81. The average molecular weight is 1670 g/mol. The molecule has 1 saturated heterocycles. The minimum Gasteiger partial charge on any atom is -0.481 e. The first-order valence-corrected chi connectivity index (χ1v) is 35.1. The van der Waals surface area contributed by atoms with Crippen LogP contribution >= 0.6 is 24.4 Å². The van der Waals surface area contributed by atoms with Gasteiger partial charge in [0.05, 0.1) is 49.7 Å². The number of nitrogens with one attached hydrogen (secondary N) is 5. The van der Waals surface area contributed by atoms with Gasteiger partial charge in [0, 0.05) is 45.3 Å². The van der Waals surface area contributed by atoms with E-state index < -0.39 is 75.5 Å². The number of pyridine rings is 3. The van der Waals surface area contributed by atoms with Crippen molar-refractivity contribution in [1.82, 2.24) is 36.2 Å². The van der Waals surface area contributed by atoms with E-state index in [0.717, 1.165) is 74.1 Å². The van der Waals surface area contributed by atoms with Gasteiger partial charge in [-0.05, 0) is 244 Å². The van der Waals surface area contributed by atoms with Gasteiger partial charge in [-0.2, -0.15) is 4.99 Å². The van der Waals surface area contributed by atoms with E-state index in [-0.39, 0.29) is 102 Å². The van der Waals surface area contributed by atoms with Crippen molar-refractivity contribution in [3.63, 3.8) is 0 Å². The van der Waals surface area contributed by atoms with Gasteiger partial charge in [-0.15, -0.1) is 15.0 Å². The quantitative estimate of drug-likeness (QED) is 0.0179. The van der Waals surface area contributed by atoms with Gasteiger partial charge in [0.2, 0.25) is 0 Å². The standard InChI is InChI=1S/C21H18FN5O2S.C14H17FN2O2.C9H10FNO.C8H9FN2O.C8H5N3S.C7H7N3.C6H10O2.C5H9NO2.7CH4/c1-12-9-14(11-25-17(12)23-2)26-19(29)21(7-4-8-21)27(20(26)30)13-5-6-15(16(22)10-13)18(28)24-3;1-9(18)14(6-3-7-14)17-10-4-5-11(12(15)8-10)13(19)16-2;1-6-3-4-7(8(10)5-6)9(12)11-2;1-11-8(12)6-3-2-5(10)4-7(6)9;1-6-3-7(11-5-12)4-10-8(6)9-2;1-5-3-6(8)4-10-7(5)9-2;1-6(5(7)8)3-2-4-6;6-5(4(7)8)2-1-3-5;;;;;;;/h5-6,9-11H,4,7-8H2,1,3H3,(H,24,28);4-5,8,17H,3,6-7H2,1-2H3,(H,16,19);3-5H,1-2H3,(H,11,12);2-4H,10H2,1H3,(H,11,12);3-4H,1H3;3-4H,8H2,1H3;2-4H2,1H3,(H,7,8);1-3,6H2,(H,7,8);7*1H4. The third kappa shape index (κ3) is 27.6. The van der Waals surface area contributed by atoms with Crippen LogP contribution in [-0.4, -0.2) is 128 Å².